The van der Waals surface area contributed by atoms with Crippen LogP contribution < -0.4 is 10.6 Å². The second-order valence-corrected chi connectivity index (χ2v) is 6.23. The normalized spacial score (nSPS) is 31.5. The molecule has 0 aliphatic carbocycles. The molecule has 0 spiro atoms. The van der Waals surface area contributed by atoms with Gasteiger partial charge < -0.3 is 10.6 Å². The standard InChI is InChI=1S/C12H15BrClN3/c13-11-3-7(14)6-15-12(11)17-10-4-8-1-2-9(5-10)16-8/h3,6,8-10,16H,1-2,4-5H2,(H,15,17). The van der Waals surface area contributed by atoms with Crippen molar-refractivity contribution in [2.75, 3.05) is 5.32 Å². The van der Waals surface area contributed by atoms with E-state index >= 15 is 0 Å². The van der Waals surface area contributed by atoms with Crippen LogP contribution in [0.5, 0.6) is 0 Å². The topological polar surface area (TPSA) is 37.0 Å². The molecule has 0 aromatic carbocycles. The molecule has 3 heterocycles. The lowest BCUT2D eigenvalue weighted by atomic mass is 10.00. The summed E-state index contributed by atoms with van der Waals surface area (Å²) in [4.78, 5) is 4.33. The highest BCUT2D eigenvalue weighted by Gasteiger charge is 2.33. The van der Waals surface area contributed by atoms with Gasteiger partial charge in [0.2, 0.25) is 0 Å². The number of hydrogen-bond acceptors (Lipinski definition) is 3. The van der Waals surface area contributed by atoms with E-state index in [1.165, 1.54) is 25.7 Å². The van der Waals surface area contributed by atoms with Crippen LogP contribution in [0.15, 0.2) is 16.7 Å². The van der Waals surface area contributed by atoms with Gasteiger partial charge in [-0.1, -0.05) is 11.6 Å². The average molecular weight is 317 g/mol. The molecule has 17 heavy (non-hydrogen) atoms. The van der Waals surface area contributed by atoms with Gasteiger partial charge in [0, 0.05) is 24.3 Å². The number of anilines is 1. The second-order valence-electron chi connectivity index (χ2n) is 4.93. The van der Waals surface area contributed by atoms with Crippen LogP contribution in [0.1, 0.15) is 25.7 Å². The fourth-order valence-corrected chi connectivity index (χ4v) is 3.64. The molecule has 2 fully saturated rings. The van der Waals surface area contributed by atoms with Crippen molar-refractivity contribution in [3.63, 3.8) is 0 Å². The van der Waals surface area contributed by atoms with E-state index in [9.17, 15) is 0 Å². The molecule has 2 unspecified atom stereocenters. The number of pyridine rings is 1. The van der Waals surface area contributed by atoms with Gasteiger partial charge in [-0.05, 0) is 47.7 Å². The number of halogens is 2. The highest BCUT2D eigenvalue weighted by Crippen LogP contribution is 2.30. The summed E-state index contributed by atoms with van der Waals surface area (Å²) < 4.78 is 0.941. The third-order valence-electron chi connectivity index (χ3n) is 3.62. The Labute approximate surface area is 114 Å². The molecular weight excluding hydrogens is 302 g/mol. The Morgan fingerprint density at radius 1 is 1.35 bits per heavy atom. The fraction of sp³-hybridized carbons (Fsp3) is 0.583. The number of rotatable bonds is 2. The minimum Gasteiger partial charge on any atom is -0.366 e. The van der Waals surface area contributed by atoms with E-state index in [2.05, 4.69) is 31.5 Å². The van der Waals surface area contributed by atoms with Crippen LogP contribution in [0.25, 0.3) is 0 Å². The van der Waals surface area contributed by atoms with Gasteiger partial charge in [-0.25, -0.2) is 4.98 Å². The molecule has 5 heteroatoms. The average Bonchev–Trinajstić information content (AvgIpc) is 2.62. The highest BCUT2D eigenvalue weighted by atomic mass is 79.9. The van der Waals surface area contributed by atoms with Crippen molar-refractivity contribution in [2.24, 2.45) is 0 Å². The van der Waals surface area contributed by atoms with Crippen LogP contribution in [0, 0.1) is 0 Å². The lowest BCUT2D eigenvalue weighted by molar-refractivity contribution is 0.377. The van der Waals surface area contributed by atoms with Gasteiger partial charge in [-0.3, -0.25) is 0 Å². The molecule has 2 atom stereocenters. The zero-order valence-corrected chi connectivity index (χ0v) is 11.8. The molecule has 2 aliphatic rings. The van der Waals surface area contributed by atoms with Gasteiger partial charge in [-0.2, -0.15) is 0 Å². The zero-order valence-electron chi connectivity index (χ0n) is 9.42. The molecule has 1 aromatic heterocycles. The summed E-state index contributed by atoms with van der Waals surface area (Å²) in [5.74, 6) is 0.903. The first-order valence-corrected chi connectivity index (χ1v) is 7.21. The van der Waals surface area contributed by atoms with Crippen molar-refractivity contribution in [2.45, 2.75) is 43.8 Å². The van der Waals surface area contributed by atoms with Crippen LogP contribution in [0.3, 0.4) is 0 Å². The molecule has 2 N–H and O–H groups in total. The summed E-state index contributed by atoms with van der Waals surface area (Å²) in [5, 5.41) is 7.82. The van der Waals surface area contributed by atoms with Gasteiger partial charge in [0.05, 0.1) is 9.50 Å². The first-order valence-electron chi connectivity index (χ1n) is 6.04. The summed E-state index contributed by atoms with van der Waals surface area (Å²) in [5.41, 5.74) is 0. The molecule has 1 aromatic rings. The number of piperidine rings is 1. The molecule has 3 nitrogen and oxygen atoms in total. The lowest BCUT2D eigenvalue weighted by Gasteiger charge is -2.30. The van der Waals surface area contributed by atoms with Crippen molar-refractivity contribution in [1.29, 1.82) is 0 Å². The molecule has 2 saturated heterocycles. The van der Waals surface area contributed by atoms with Crippen molar-refractivity contribution in [1.82, 2.24) is 10.3 Å². The van der Waals surface area contributed by atoms with E-state index in [0.29, 0.717) is 23.1 Å². The summed E-state index contributed by atoms with van der Waals surface area (Å²) in [6.07, 6.45) is 6.70. The number of hydrogen-bond donors (Lipinski definition) is 2. The van der Waals surface area contributed by atoms with Crippen LogP contribution in [0.4, 0.5) is 5.82 Å². The minimum absolute atomic E-state index is 0.527. The van der Waals surface area contributed by atoms with E-state index in [1.807, 2.05) is 6.07 Å². The molecule has 0 saturated carbocycles. The second kappa shape index (κ2) is 4.75. The van der Waals surface area contributed by atoms with Crippen molar-refractivity contribution in [3.8, 4) is 0 Å². The summed E-state index contributed by atoms with van der Waals surface area (Å²) >= 11 is 9.38. The molecule has 92 valence electrons. The number of nitrogens with zero attached hydrogens (tertiary/aromatic N) is 1. The van der Waals surface area contributed by atoms with E-state index < -0.39 is 0 Å². The Morgan fingerprint density at radius 3 is 2.71 bits per heavy atom. The molecular formula is C12H15BrClN3. The Morgan fingerprint density at radius 2 is 2.06 bits per heavy atom. The van der Waals surface area contributed by atoms with Gasteiger partial charge in [0.15, 0.2) is 0 Å². The van der Waals surface area contributed by atoms with Crippen LogP contribution in [0.2, 0.25) is 5.02 Å². The van der Waals surface area contributed by atoms with Gasteiger partial charge in [0.25, 0.3) is 0 Å². The maximum Gasteiger partial charge on any atom is 0.140 e. The Balaban J connectivity index is 1.70. The first-order chi connectivity index (χ1) is 8.20. The zero-order chi connectivity index (χ0) is 11.8. The maximum atomic E-state index is 5.89. The monoisotopic (exact) mass is 315 g/mol. The van der Waals surface area contributed by atoms with Gasteiger partial charge >= 0.3 is 0 Å². The SMILES string of the molecule is Clc1cnc(NC2CC3CCC(C2)N3)c(Br)c1. The van der Waals surface area contributed by atoms with E-state index in [0.717, 1.165) is 10.3 Å². The molecule has 0 radical (unpaired) electrons. The van der Waals surface area contributed by atoms with E-state index in [1.54, 1.807) is 6.20 Å². The Bertz CT molecular complexity index is 414. The number of aromatic nitrogens is 1. The molecule has 3 rings (SSSR count). The Hall–Kier alpha value is -0.320. The molecule has 2 bridgehead atoms. The number of nitrogens with one attached hydrogen (secondary N) is 2. The van der Waals surface area contributed by atoms with Crippen molar-refractivity contribution in [3.05, 3.63) is 21.8 Å². The third-order valence-corrected chi connectivity index (χ3v) is 4.43. The van der Waals surface area contributed by atoms with Crippen LogP contribution >= 0.6 is 27.5 Å². The highest BCUT2D eigenvalue weighted by molar-refractivity contribution is 9.10. The smallest absolute Gasteiger partial charge is 0.140 e. The molecule has 2 aliphatic heterocycles. The largest absolute Gasteiger partial charge is 0.366 e. The van der Waals surface area contributed by atoms with Gasteiger partial charge in [0.1, 0.15) is 5.82 Å². The fourth-order valence-electron chi connectivity index (χ4n) is 2.89. The number of fused-ring (bicyclic) bond motifs is 2. The van der Waals surface area contributed by atoms with E-state index in [-0.39, 0.29) is 0 Å². The van der Waals surface area contributed by atoms with Crippen LogP contribution in [-0.4, -0.2) is 23.1 Å². The minimum atomic E-state index is 0.527. The van der Waals surface area contributed by atoms with E-state index in [4.69, 9.17) is 11.6 Å². The summed E-state index contributed by atoms with van der Waals surface area (Å²) in [7, 11) is 0. The van der Waals surface area contributed by atoms with Crippen LogP contribution in [-0.2, 0) is 0 Å². The molecule has 0 amide bonds. The quantitative estimate of drug-likeness (QED) is 0.880. The maximum absolute atomic E-state index is 5.89. The Kier molecular flexibility index (Phi) is 3.28. The van der Waals surface area contributed by atoms with Crippen molar-refractivity contribution >= 4 is 33.3 Å². The summed E-state index contributed by atoms with van der Waals surface area (Å²) in [6, 6.07) is 3.79. The predicted octanol–water partition coefficient (Wildman–Crippen LogP) is 3.19. The van der Waals surface area contributed by atoms with Crippen molar-refractivity contribution < 1.29 is 0 Å². The predicted molar refractivity (Wildman–Crippen MR) is 73.5 cm³/mol. The third kappa shape index (κ3) is 2.59. The summed E-state index contributed by atoms with van der Waals surface area (Å²) in [6.45, 7) is 0. The first kappa shape index (κ1) is 11.8. The van der Waals surface area contributed by atoms with Gasteiger partial charge in [-0.15, -0.1) is 0 Å². The lowest BCUT2D eigenvalue weighted by Crippen LogP contribution is -2.43.